The van der Waals surface area contributed by atoms with Crippen molar-refractivity contribution in [3.8, 4) is 22.9 Å². The number of nitrogens with zero attached hydrogens (tertiary/aromatic N) is 5. The molecule has 0 bridgehead atoms. The zero-order valence-corrected chi connectivity index (χ0v) is 22.2. The van der Waals surface area contributed by atoms with Gasteiger partial charge in [0.2, 0.25) is 0 Å². The van der Waals surface area contributed by atoms with Crippen molar-refractivity contribution in [2.24, 2.45) is 7.05 Å². The average Bonchev–Trinajstić information content (AvgIpc) is 3.50. The molecule has 10 nitrogen and oxygen atoms in total. The fraction of sp³-hybridized carbons (Fsp3) is 0.207. The van der Waals surface area contributed by atoms with E-state index in [9.17, 15) is 4.79 Å². The van der Waals surface area contributed by atoms with Crippen LogP contribution in [0.25, 0.3) is 44.8 Å². The van der Waals surface area contributed by atoms with Gasteiger partial charge in [0, 0.05) is 41.0 Å². The summed E-state index contributed by atoms with van der Waals surface area (Å²) in [5.74, 6) is 0.754. The first-order valence-corrected chi connectivity index (χ1v) is 12.5. The molecule has 0 amide bonds. The molecule has 0 radical (unpaired) electrons. The molecule has 196 valence electrons. The van der Waals surface area contributed by atoms with Gasteiger partial charge in [-0.2, -0.15) is 5.10 Å². The number of benzene rings is 2. The molecule has 39 heavy (non-hydrogen) atoms. The van der Waals surface area contributed by atoms with Crippen LogP contribution in [-0.2, 0) is 7.05 Å². The number of pyridine rings is 1. The molecule has 0 aliphatic carbocycles. The number of fused-ring (bicyclic) bond motifs is 2. The lowest BCUT2D eigenvalue weighted by Crippen LogP contribution is -2.13. The standard InChI is InChI=1S/C29H27N7O3/c1-14-10-20(17(4)32-23-8-6-15(2)31-24(23)28-33-34-29(30)39-28)27-21(11-14)25(37)16(3)26(38-27)18-7-9-22-19(12-18)13-36(5)35-22/h6-13,17,32H,1-5H3,(H2,30,34)/t17-/m1/s1. The van der Waals surface area contributed by atoms with Gasteiger partial charge in [0.1, 0.15) is 11.3 Å². The van der Waals surface area contributed by atoms with Crippen LogP contribution in [0.5, 0.6) is 0 Å². The van der Waals surface area contributed by atoms with Gasteiger partial charge in [0.25, 0.3) is 5.89 Å². The van der Waals surface area contributed by atoms with E-state index >= 15 is 0 Å². The fourth-order valence-electron chi connectivity index (χ4n) is 4.93. The maximum Gasteiger partial charge on any atom is 0.313 e. The topological polar surface area (TPSA) is 138 Å². The van der Waals surface area contributed by atoms with Gasteiger partial charge in [0.15, 0.2) is 11.1 Å². The molecule has 10 heteroatoms. The summed E-state index contributed by atoms with van der Waals surface area (Å²) in [5, 5.41) is 17.2. The maximum absolute atomic E-state index is 13.6. The lowest BCUT2D eigenvalue weighted by Gasteiger charge is -2.20. The van der Waals surface area contributed by atoms with Crippen molar-refractivity contribution in [2.75, 3.05) is 11.1 Å². The van der Waals surface area contributed by atoms with Gasteiger partial charge in [-0.15, -0.1) is 5.10 Å². The molecule has 0 aliphatic rings. The van der Waals surface area contributed by atoms with E-state index in [0.29, 0.717) is 33.7 Å². The zero-order valence-electron chi connectivity index (χ0n) is 22.2. The Labute approximate surface area is 223 Å². The highest BCUT2D eigenvalue weighted by atomic mass is 16.4. The van der Waals surface area contributed by atoms with E-state index in [0.717, 1.165) is 33.3 Å². The molecule has 6 rings (SSSR count). The minimum absolute atomic E-state index is 0.0360. The van der Waals surface area contributed by atoms with Crippen molar-refractivity contribution >= 4 is 33.6 Å². The molecule has 3 N–H and O–H groups in total. The second kappa shape index (κ2) is 9.09. The minimum atomic E-state index is -0.268. The summed E-state index contributed by atoms with van der Waals surface area (Å²) in [6.45, 7) is 7.65. The number of hydrogen-bond donors (Lipinski definition) is 2. The van der Waals surface area contributed by atoms with Crippen molar-refractivity contribution in [2.45, 2.75) is 33.7 Å². The Morgan fingerprint density at radius 3 is 2.62 bits per heavy atom. The van der Waals surface area contributed by atoms with Crippen LogP contribution in [0.2, 0.25) is 0 Å². The Morgan fingerprint density at radius 2 is 1.85 bits per heavy atom. The highest BCUT2D eigenvalue weighted by molar-refractivity contribution is 5.87. The van der Waals surface area contributed by atoms with Crippen LogP contribution >= 0.6 is 0 Å². The number of nitrogens with one attached hydrogen (secondary N) is 1. The predicted octanol–water partition coefficient (Wildman–Crippen LogP) is 5.47. The molecule has 0 unspecified atom stereocenters. The monoisotopic (exact) mass is 521 g/mol. The first-order valence-electron chi connectivity index (χ1n) is 12.5. The Kier molecular flexibility index (Phi) is 5.67. The third-order valence-electron chi connectivity index (χ3n) is 6.79. The van der Waals surface area contributed by atoms with Crippen molar-refractivity contribution in [3.63, 3.8) is 0 Å². The van der Waals surface area contributed by atoms with Crippen LogP contribution in [0, 0.1) is 20.8 Å². The van der Waals surface area contributed by atoms with Gasteiger partial charge in [-0.25, -0.2) is 4.98 Å². The van der Waals surface area contributed by atoms with Gasteiger partial charge in [-0.05, 0) is 69.7 Å². The Morgan fingerprint density at radius 1 is 1.03 bits per heavy atom. The zero-order chi connectivity index (χ0) is 27.4. The summed E-state index contributed by atoms with van der Waals surface area (Å²) in [7, 11) is 1.88. The van der Waals surface area contributed by atoms with E-state index in [1.807, 2.05) is 76.5 Å². The molecule has 4 aromatic heterocycles. The summed E-state index contributed by atoms with van der Waals surface area (Å²) < 4.78 is 13.8. The Hall–Kier alpha value is -4.99. The quantitative estimate of drug-likeness (QED) is 0.302. The van der Waals surface area contributed by atoms with Gasteiger partial charge >= 0.3 is 6.01 Å². The molecule has 0 aliphatic heterocycles. The fourth-order valence-corrected chi connectivity index (χ4v) is 4.93. The summed E-state index contributed by atoms with van der Waals surface area (Å²) in [4.78, 5) is 18.2. The highest BCUT2D eigenvalue weighted by Gasteiger charge is 2.21. The predicted molar refractivity (Wildman–Crippen MR) is 150 cm³/mol. The van der Waals surface area contributed by atoms with E-state index < -0.39 is 0 Å². The van der Waals surface area contributed by atoms with E-state index in [1.54, 1.807) is 11.6 Å². The first-order chi connectivity index (χ1) is 18.7. The van der Waals surface area contributed by atoms with Crippen LogP contribution in [-0.4, -0.2) is 25.0 Å². The van der Waals surface area contributed by atoms with Gasteiger partial charge in [0.05, 0.1) is 22.6 Å². The van der Waals surface area contributed by atoms with Crippen LogP contribution in [0.15, 0.2) is 62.3 Å². The third-order valence-corrected chi connectivity index (χ3v) is 6.79. The largest absolute Gasteiger partial charge is 0.455 e. The number of nitrogens with two attached hydrogens (primary N) is 1. The molecule has 4 heterocycles. The second-order valence-electron chi connectivity index (χ2n) is 9.85. The maximum atomic E-state index is 13.6. The molecule has 1 atom stereocenters. The number of aryl methyl sites for hydroxylation is 3. The molecule has 6 aromatic rings. The van der Waals surface area contributed by atoms with Crippen molar-refractivity contribution in [1.29, 1.82) is 0 Å². The normalized spacial score (nSPS) is 12.3. The number of aromatic nitrogens is 5. The van der Waals surface area contributed by atoms with Crippen LogP contribution in [0.1, 0.15) is 35.3 Å². The van der Waals surface area contributed by atoms with Crippen LogP contribution in [0.3, 0.4) is 0 Å². The Bertz CT molecular complexity index is 1950. The van der Waals surface area contributed by atoms with Crippen molar-refractivity contribution < 1.29 is 8.83 Å². The molecular weight excluding hydrogens is 494 g/mol. The van der Waals surface area contributed by atoms with Crippen molar-refractivity contribution in [3.05, 3.63) is 81.3 Å². The number of nitrogen functional groups attached to an aromatic ring is 1. The highest BCUT2D eigenvalue weighted by Crippen LogP contribution is 2.35. The Balaban J connectivity index is 1.48. The molecular formula is C29H27N7O3. The van der Waals surface area contributed by atoms with Gasteiger partial charge in [-0.3, -0.25) is 9.48 Å². The van der Waals surface area contributed by atoms with Crippen molar-refractivity contribution in [1.82, 2.24) is 25.0 Å². The smallest absolute Gasteiger partial charge is 0.313 e. The molecule has 0 fully saturated rings. The van der Waals surface area contributed by atoms with E-state index in [1.165, 1.54) is 0 Å². The van der Waals surface area contributed by atoms with E-state index in [-0.39, 0.29) is 23.4 Å². The van der Waals surface area contributed by atoms with Crippen LogP contribution in [0.4, 0.5) is 11.7 Å². The molecule has 0 saturated heterocycles. The first kappa shape index (κ1) is 24.4. The lowest BCUT2D eigenvalue weighted by molar-refractivity contribution is 0.587. The van der Waals surface area contributed by atoms with E-state index in [4.69, 9.17) is 14.6 Å². The van der Waals surface area contributed by atoms with Crippen LogP contribution < -0.4 is 16.5 Å². The van der Waals surface area contributed by atoms with Gasteiger partial charge in [-0.1, -0.05) is 11.2 Å². The lowest BCUT2D eigenvalue weighted by atomic mass is 9.98. The number of hydrogen-bond acceptors (Lipinski definition) is 9. The molecule has 0 spiro atoms. The summed E-state index contributed by atoms with van der Waals surface area (Å²) in [6.07, 6.45) is 1.94. The summed E-state index contributed by atoms with van der Waals surface area (Å²) in [6, 6.07) is 13.3. The number of rotatable bonds is 5. The second-order valence-corrected chi connectivity index (χ2v) is 9.85. The van der Waals surface area contributed by atoms with Gasteiger partial charge < -0.3 is 19.9 Å². The average molecular weight is 522 g/mol. The summed E-state index contributed by atoms with van der Waals surface area (Å²) in [5.41, 5.74) is 12.1. The minimum Gasteiger partial charge on any atom is -0.455 e. The summed E-state index contributed by atoms with van der Waals surface area (Å²) >= 11 is 0. The number of anilines is 2. The molecule has 0 saturated carbocycles. The molecule has 2 aromatic carbocycles. The van der Waals surface area contributed by atoms with E-state index in [2.05, 4.69) is 25.6 Å². The third kappa shape index (κ3) is 4.29. The SMILES string of the molecule is Cc1cc([C@@H](C)Nc2ccc(C)nc2-c2nnc(N)o2)c2oc(-c3ccc4nn(C)cc4c3)c(C)c(=O)c2c1.